The summed E-state index contributed by atoms with van der Waals surface area (Å²) in [5, 5.41) is 23.9. The van der Waals surface area contributed by atoms with E-state index in [0.717, 1.165) is 11.1 Å². The molecule has 0 radical (unpaired) electrons. The fourth-order valence-electron chi connectivity index (χ4n) is 8.03. The van der Waals surface area contributed by atoms with Crippen molar-refractivity contribution in [2.24, 2.45) is 0 Å². The van der Waals surface area contributed by atoms with Gasteiger partial charge in [-0.1, -0.05) is 149 Å². The fraction of sp³-hybridized carbons (Fsp3) is 0.489. The minimum Gasteiger partial charge on any atom is -0.405 e. The first kappa shape index (κ1) is 46.7. The summed E-state index contributed by atoms with van der Waals surface area (Å²) in [6, 6.07) is 40.5. The van der Waals surface area contributed by atoms with Gasteiger partial charge in [0.15, 0.2) is 12.6 Å². The summed E-state index contributed by atoms with van der Waals surface area (Å²) in [7, 11) is 3.48. The van der Waals surface area contributed by atoms with Crippen LogP contribution < -0.4 is 10.4 Å². The Hall–Kier alpha value is -3.34. The van der Waals surface area contributed by atoms with Gasteiger partial charge in [-0.05, 0) is 33.0 Å². The summed E-state index contributed by atoms with van der Waals surface area (Å²) in [4.78, 5) is 0. The molecule has 11 nitrogen and oxygen atoms in total. The largest absolute Gasteiger partial charge is 0.405 e. The minimum absolute atomic E-state index is 0.180. The SMILES string of the molecule is CCC1O[C@H](OC)C(OCc2ccccc2)[C@@H](OC)[C@@H]1O.CO[C@H]1OC(CO[Si](c2ccccc2)(c2ccccc2)C(C)(C)C)[C@@H](O)[C@H](OC)C1OCc1ccccc1. The molecule has 2 aliphatic rings. The van der Waals surface area contributed by atoms with E-state index in [1.807, 2.05) is 79.7 Å². The van der Waals surface area contributed by atoms with Crippen molar-refractivity contribution in [2.45, 2.75) is 114 Å². The second kappa shape index (κ2) is 22.5. The van der Waals surface area contributed by atoms with Crippen molar-refractivity contribution in [3.63, 3.8) is 0 Å². The van der Waals surface area contributed by atoms with E-state index >= 15 is 0 Å². The van der Waals surface area contributed by atoms with Crippen LogP contribution in [-0.2, 0) is 55.5 Å². The number of rotatable bonds is 16. The fourth-order valence-corrected chi connectivity index (χ4v) is 12.6. The zero-order valence-corrected chi connectivity index (χ0v) is 36.7. The first-order valence-electron chi connectivity index (χ1n) is 20.4. The van der Waals surface area contributed by atoms with Gasteiger partial charge in [-0.25, -0.2) is 0 Å². The monoisotopic (exact) mass is 832 g/mol. The van der Waals surface area contributed by atoms with Crippen molar-refractivity contribution < 1.29 is 52.5 Å². The Bertz CT molecular complexity index is 1710. The van der Waals surface area contributed by atoms with Crippen LogP contribution in [-0.4, -0.2) is 115 Å². The van der Waals surface area contributed by atoms with Crippen LogP contribution in [0.3, 0.4) is 0 Å². The number of methoxy groups -OCH3 is 4. The lowest BCUT2D eigenvalue weighted by Gasteiger charge is -2.46. The summed E-state index contributed by atoms with van der Waals surface area (Å²) in [6.45, 7) is 9.57. The Labute approximate surface area is 351 Å². The Morgan fingerprint density at radius 1 is 0.525 bits per heavy atom. The normalized spacial score (nSPS) is 27.4. The Morgan fingerprint density at radius 3 is 1.25 bits per heavy atom. The molecular weight excluding hydrogens is 769 g/mol. The van der Waals surface area contributed by atoms with E-state index in [9.17, 15) is 10.2 Å². The summed E-state index contributed by atoms with van der Waals surface area (Å²) in [6.07, 6.45) is -5.46. The Balaban J connectivity index is 0.000000266. The average molecular weight is 833 g/mol. The molecule has 2 fully saturated rings. The van der Waals surface area contributed by atoms with Gasteiger partial charge in [0.2, 0.25) is 0 Å². The maximum Gasteiger partial charge on any atom is 0.261 e. The third-order valence-corrected chi connectivity index (χ3v) is 16.1. The highest BCUT2D eigenvalue weighted by molar-refractivity contribution is 6.99. The molecule has 0 spiro atoms. The average Bonchev–Trinajstić information content (AvgIpc) is 3.26. The molecule has 2 aliphatic heterocycles. The topological polar surface area (TPSA) is 124 Å². The molecule has 322 valence electrons. The van der Waals surface area contributed by atoms with E-state index in [4.69, 9.17) is 42.3 Å². The van der Waals surface area contributed by atoms with Crippen molar-refractivity contribution in [3.05, 3.63) is 132 Å². The molecule has 4 unspecified atom stereocenters. The zero-order valence-electron chi connectivity index (χ0n) is 35.7. The molecule has 0 bridgehead atoms. The predicted molar refractivity (Wildman–Crippen MR) is 229 cm³/mol. The lowest BCUT2D eigenvalue weighted by atomic mass is 9.97. The summed E-state index contributed by atoms with van der Waals surface area (Å²) in [5.74, 6) is 0. The molecule has 12 heteroatoms. The van der Waals surface area contributed by atoms with Gasteiger partial charge < -0.3 is 52.5 Å². The van der Waals surface area contributed by atoms with Crippen LogP contribution in [0.1, 0.15) is 45.2 Å². The number of ether oxygens (including phenoxy) is 8. The van der Waals surface area contributed by atoms with Crippen LogP contribution in [0.15, 0.2) is 121 Å². The second-order valence-corrected chi connectivity index (χ2v) is 20.1. The first-order valence-corrected chi connectivity index (χ1v) is 22.3. The molecule has 2 heterocycles. The molecule has 6 rings (SSSR count). The van der Waals surface area contributed by atoms with Crippen LogP contribution >= 0.6 is 0 Å². The molecule has 4 aromatic rings. The van der Waals surface area contributed by atoms with Crippen molar-refractivity contribution >= 4 is 18.7 Å². The number of benzene rings is 4. The van der Waals surface area contributed by atoms with Gasteiger partial charge in [0, 0.05) is 28.4 Å². The first-order chi connectivity index (χ1) is 28.5. The zero-order chi connectivity index (χ0) is 42.4. The molecule has 10 atom stereocenters. The molecule has 4 aromatic carbocycles. The van der Waals surface area contributed by atoms with Crippen LogP contribution in [0, 0.1) is 0 Å². The Morgan fingerprint density at radius 2 is 0.898 bits per heavy atom. The molecule has 2 saturated heterocycles. The van der Waals surface area contributed by atoms with Crippen molar-refractivity contribution in [3.8, 4) is 0 Å². The number of hydrogen-bond acceptors (Lipinski definition) is 11. The van der Waals surface area contributed by atoms with Crippen LogP contribution in [0.2, 0.25) is 5.04 Å². The molecular formula is C47H64O11Si. The van der Waals surface area contributed by atoms with Gasteiger partial charge in [0.25, 0.3) is 8.32 Å². The number of hydrogen-bond donors (Lipinski definition) is 2. The molecule has 0 aromatic heterocycles. The second-order valence-electron chi connectivity index (χ2n) is 15.8. The van der Waals surface area contributed by atoms with Crippen LogP contribution in [0.5, 0.6) is 0 Å². The van der Waals surface area contributed by atoms with E-state index < -0.39 is 63.6 Å². The highest BCUT2D eigenvalue weighted by Crippen LogP contribution is 2.38. The third kappa shape index (κ3) is 11.3. The highest BCUT2D eigenvalue weighted by atomic mass is 28.4. The van der Waals surface area contributed by atoms with E-state index in [1.165, 1.54) is 10.4 Å². The highest BCUT2D eigenvalue weighted by Gasteiger charge is 2.53. The standard InChI is InChI=1S/C31H40O6Si.C16H24O5/c1-31(2,3)38(24-17-11-7-12-18-24,25-19-13-8-14-20-25)36-22-26-27(32)28(33-4)29(30(34-5)37-26)35-21-23-15-9-6-10-16-23;1-4-12-13(17)14(18-2)15(16(19-3)21-12)20-10-11-8-6-5-7-9-11/h6-20,26-30,32H,21-22H2,1-5H3;5-9,12-17H,4,10H2,1-3H3/t26?,27-,28+,29?,30+;12?,13-,14+,15?,16+/m11/s1. The van der Waals surface area contributed by atoms with E-state index in [0.29, 0.717) is 19.6 Å². The Kier molecular flexibility index (Phi) is 17.8. The van der Waals surface area contributed by atoms with Gasteiger partial charge in [0.1, 0.15) is 42.7 Å². The van der Waals surface area contributed by atoms with Crippen LogP contribution in [0.25, 0.3) is 0 Å². The third-order valence-electron chi connectivity index (χ3n) is 11.1. The summed E-state index contributed by atoms with van der Waals surface area (Å²) >= 11 is 0. The van der Waals surface area contributed by atoms with Crippen molar-refractivity contribution in [1.29, 1.82) is 0 Å². The lowest BCUT2D eigenvalue weighted by molar-refractivity contribution is -0.308. The van der Waals surface area contributed by atoms with Gasteiger partial charge in [-0.15, -0.1) is 0 Å². The van der Waals surface area contributed by atoms with E-state index in [-0.39, 0.29) is 17.7 Å². The summed E-state index contributed by atoms with van der Waals surface area (Å²) in [5.41, 5.74) is 2.07. The van der Waals surface area contributed by atoms with E-state index in [1.54, 1.807) is 28.4 Å². The maximum absolute atomic E-state index is 11.4. The molecule has 2 N–H and O–H groups in total. The molecule has 59 heavy (non-hydrogen) atoms. The lowest BCUT2D eigenvalue weighted by Crippen LogP contribution is -2.68. The van der Waals surface area contributed by atoms with Gasteiger partial charge in [0.05, 0.1) is 25.9 Å². The predicted octanol–water partition coefficient (Wildman–Crippen LogP) is 5.62. The smallest absolute Gasteiger partial charge is 0.261 e. The molecule has 0 amide bonds. The molecule has 0 aliphatic carbocycles. The summed E-state index contributed by atoms with van der Waals surface area (Å²) < 4.78 is 53.4. The molecule has 0 saturated carbocycles. The van der Waals surface area contributed by atoms with Crippen molar-refractivity contribution in [1.82, 2.24) is 0 Å². The van der Waals surface area contributed by atoms with Crippen molar-refractivity contribution in [2.75, 3.05) is 35.0 Å². The van der Waals surface area contributed by atoms with Crippen LogP contribution in [0.4, 0.5) is 0 Å². The maximum atomic E-state index is 11.4. The van der Waals surface area contributed by atoms with Gasteiger partial charge in [-0.3, -0.25) is 0 Å². The quantitative estimate of drug-likeness (QED) is 0.137. The van der Waals surface area contributed by atoms with E-state index in [2.05, 4.69) is 69.3 Å². The minimum atomic E-state index is -2.81. The van der Waals surface area contributed by atoms with Gasteiger partial charge in [-0.2, -0.15) is 0 Å². The number of aliphatic hydroxyl groups excluding tert-OH is 2. The number of aliphatic hydroxyl groups is 2. The van der Waals surface area contributed by atoms with Gasteiger partial charge >= 0.3 is 0 Å².